The fourth-order valence-electron chi connectivity index (χ4n) is 1.60. The highest BCUT2D eigenvalue weighted by molar-refractivity contribution is 7.92. The lowest BCUT2D eigenvalue weighted by atomic mass is 10.2. The van der Waals surface area contributed by atoms with Crippen LogP contribution in [0, 0.1) is 11.6 Å². The number of benzene rings is 2. The van der Waals surface area contributed by atoms with Crippen LogP contribution in [-0.4, -0.2) is 13.5 Å². The summed E-state index contributed by atoms with van der Waals surface area (Å²) >= 11 is 0. The molecule has 0 saturated carbocycles. The van der Waals surface area contributed by atoms with Crippen LogP contribution in [0.5, 0.6) is 0 Å². The second kappa shape index (κ2) is 5.56. The van der Waals surface area contributed by atoms with E-state index >= 15 is 0 Å². The van der Waals surface area contributed by atoms with E-state index in [0.717, 1.165) is 18.2 Å². The van der Waals surface area contributed by atoms with Gasteiger partial charge in [0, 0.05) is 0 Å². The lowest BCUT2D eigenvalue weighted by Crippen LogP contribution is -2.15. The molecule has 2 aromatic rings. The number of aliphatic hydroxyl groups is 1. The molecule has 106 valence electrons. The minimum absolute atomic E-state index is 0.236. The van der Waals surface area contributed by atoms with Crippen LogP contribution in [0.3, 0.4) is 0 Å². The third kappa shape index (κ3) is 2.94. The molecule has 0 aliphatic carbocycles. The molecule has 7 heteroatoms. The molecule has 2 rings (SSSR count). The van der Waals surface area contributed by atoms with Crippen LogP contribution >= 0.6 is 0 Å². The van der Waals surface area contributed by atoms with E-state index in [4.69, 9.17) is 5.11 Å². The van der Waals surface area contributed by atoms with E-state index in [-0.39, 0.29) is 11.3 Å². The Labute approximate surface area is 114 Å². The molecular weight excluding hydrogens is 288 g/mol. The van der Waals surface area contributed by atoms with Crippen molar-refractivity contribution in [3.8, 4) is 0 Å². The number of aliphatic hydroxyl groups excluding tert-OH is 1. The van der Waals surface area contributed by atoms with Gasteiger partial charge in [0.15, 0.2) is 0 Å². The van der Waals surface area contributed by atoms with Crippen LogP contribution < -0.4 is 4.72 Å². The van der Waals surface area contributed by atoms with Gasteiger partial charge in [-0.3, -0.25) is 4.72 Å². The van der Waals surface area contributed by atoms with Gasteiger partial charge in [-0.15, -0.1) is 0 Å². The normalized spacial score (nSPS) is 11.3. The molecule has 0 aromatic heterocycles. The van der Waals surface area contributed by atoms with Crippen molar-refractivity contribution >= 4 is 15.7 Å². The molecule has 0 aliphatic heterocycles. The van der Waals surface area contributed by atoms with Crippen LogP contribution in [0.2, 0.25) is 0 Å². The van der Waals surface area contributed by atoms with E-state index in [1.807, 2.05) is 4.72 Å². The quantitative estimate of drug-likeness (QED) is 0.910. The lowest BCUT2D eigenvalue weighted by molar-refractivity contribution is 0.281. The van der Waals surface area contributed by atoms with Crippen molar-refractivity contribution in [2.24, 2.45) is 0 Å². The standard InChI is InChI=1S/C13H11F2NO3S/c14-10-3-1-2-4-12(10)16-20(18,19)13-7-9(8-17)5-6-11(13)15/h1-7,16-17H,8H2. The van der Waals surface area contributed by atoms with Gasteiger partial charge < -0.3 is 5.11 Å². The molecule has 2 N–H and O–H groups in total. The van der Waals surface area contributed by atoms with Crippen molar-refractivity contribution < 1.29 is 22.3 Å². The maximum Gasteiger partial charge on any atom is 0.264 e. The van der Waals surface area contributed by atoms with Crippen molar-refractivity contribution in [3.05, 3.63) is 59.7 Å². The lowest BCUT2D eigenvalue weighted by Gasteiger charge is -2.10. The Balaban J connectivity index is 2.43. The zero-order valence-corrected chi connectivity index (χ0v) is 11.0. The van der Waals surface area contributed by atoms with Gasteiger partial charge in [-0.25, -0.2) is 17.2 Å². The first-order valence-electron chi connectivity index (χ1n) is 5.60. The van der Waals surface area contributed by atoms with E-state index in [1.54, 1.807) is 0 Å². The highest BCUT2D eigenvalue weighted by Gasteiger charge is 2.20. The molecule has 0 aliphatic rings. The summed E-state index contributed by atoms with van der Waals surface area (Å²) in [4.78, 5) is -0.646. The average Bonchev–Trinajstić information content (AvgIpc) is 2.41. The summed E-state index contributed by atoms with van der Waals surface area (Å²) in [5, 5.41) is 8.95. The molecule has 0 atom stereocenters. The fraction of sp³-hybridized carbons (Fsp3) is 0.0769. The molecule has 0 fully saturated rings. The van der Waals surface area contributed by atoms with Crippen molar-refractivity contribution in [2.45, 2.75) is 11.5 Å². The zero-order chi connectivity index (χ0) is 14.8. The van der Waals surface area contributed by atoms with E-state index in [2.05, 4.69) is 0 Å². The number of hydrogen-bond donors (Lipinski definition) is 2. The Morgan fingerprint density at radius 1 is 1.05 bits per heavy atom. The third-order valence-electron chi connectivity index (χ3n) is 2.59. The Hall–Kier alpha value is -1.99. The zero-order valence-electron chi connectivity index (χ0n) is 10.2. The van der Waals surface area contributed by atoms with E-state index < -0.39 is 33.2 Å². The van der Waals surface area contributed by atoms with Crippen molar-refractivity contribution in [3.63, 3.8) is 0 Å². The SMILES string of the molecule is O=S(=O)(Nc1ccccc1F)c1cc(CO)ccc1F. The predicted octanol–water partition coefficient (Wildman–Crippen LogP) is 2.26. The molecule has 0 saturated heterocycles. The van der Waals surface area contributed by atoms with Gasteiger partial charge in [-0.1, -0.05) is 18.2 Å². The molecule has 0 heterocycles. The summed E-state index contributed by atoms with van der Waals surface area (Å²) in [7, 11) is -4.28. The Morgan fingerprint density at radius 2 is 1.75 bits per heavy atom. The molecule has 0 amide bonds. The number of para-hydroxylation sites is 1. The monoisotopic (exact) mass is 299 g/mol. The Morgan fingerprint density at radius 3 is 2.40 bits per heavy atom. The summed E-state index contributed by atoms with van der Waals surface area (Å²) in [5.41, 5.74) is -0.0402. The van der Waals surface area contributed by atoms with Crippen molar-refractivity contribution in [1.82, 2.24) is 0 Å². The minimum Gasteiger partial charge on any atom is -0.392 e. The van der Waals surface area contributed by atoms with Crippen LogP contribution in [0.4, 0.5) is 14.5 Å². The van der Waals surface area contributed by atoms with Crippen LogP contribution in [0.15, 0.2) is 47.4 Å². The number of rotatable bonds is 4. The molecule has 2 aromatic carbocycles. The summed E-state index contributed by atoms with van der Waals surface area (Å²) in [6, 6.07) is 8.35. The summed E-state index contributed by atoms with van der Waals surface area (Å²) in [5.74, 6) is -1.75. The summed E-state index contributed by atoms with van der Waals surface area (Å²) < 4.78 is 53.1. The van der Waals surface area contributed by atoms with E-state index in [1.165, 1.54) is 24.3 Å². The summed E-state index contributed by atoms with van der Waals surface area (Å²) in [6.45, 7) is -0.428. The summed E-state index contributed by atoms with van der Waals surface area (Å²) in [6.07, 6.45) is 0. The van der Waals surface area contributed by atoms with Gasteiger partial charge >= 0.3 is 0 Å². The second-order valence-electron chi connectivity index (χ2n) is 4.01. The minimum atomic E-state index is -4.28. The van der Waals surface area contributed by atoms with Crippen LogP contribution in [-0.2, 0) is 16.6 Å². The van der Waals surface area contributed by atoms with E-state index in [9.17, 15) is 17.2 Å². The average molecular weight is 299 g/mol. The number of halogens is 2. The smallest absolute Gasteiger partial charge is 0.264 e. The highest BCUT2D eigenvalue weighted by Crippen LogP contribution is 2.21. The maximum absolute atomic E-state index is 13.6. The molecule has 0 bridgehead atoms. The number of sulfonamides is 1. The predicted molar refractivity (Wildman–Crippen MR) is 69.5 cm³/mol. The molecule has 4 nitrogen and oxygen atoms in total. The number of nitrogens with one attached hydrogen (secondary N) is 1. The molecule has 0 unspecified atom stereocenters. The molecule has 20 heavy (non-hydrogen) atoms. The first-order valence-corrected chi connectivity index (χ1v) is 7.09. The van der Waals surface area contributed by atoms with Crippen molar-refractivity contribution in [2.75, 3.05) is 4.72 Å². The van der Waals surface area contributed by atoms with Gasteiger partial charge in [-0.2, -0.15) is 0 Å². The van der Waals surface area contributed by atoms with Crippen LogP contribution in [0.1, 0.15) is 5.56 Å². The Kier molecular flexibility index (Phi) is 4.01. The highest BCUT2D eigenvalue weighted by atomic mass is 32.2. The maximum atomic E-state index is 13.6. The number of anilines is 1. The topological polar surface area (TPSA) is 66.4 Å². The van der Waals surface area contributed by atoms with E-state index in [0.29, 0.717) is 0 Å². The second-order valence-corrected chi connectivity index (χ2v) is 5.66. The Bertz CT molecular complexity index is 732. The largest absolute Gasteiger partial charge is 0.392 e. The molecule has 0 radical (unpaired) electrons. The third-order valence-corrected chi connectivity index (χ3v) is 3.97. The number of hydrogen-bond acceptors (Lipinski definition) is 3. The fourth-order valence-corrected chi connectivity index (χ4v) is 2.79. The van der Waals surface area contributed by atoms with Gasteiger partial charge in [0.1, 0.15) is 16.5 Å². The van der Waals surface area contributed by atoms with Crippen molar-refractivity contribution in [1.29, 1.82) is 0 Å². The first-order chi connectivity index (χ1) is 9.44. The van der Waals surface area contributed by atoms with Crippen LogP contribution in [0.25, 0.3) is 0 Å². The van der Waals surface area contributed by atoms with Gasteiger partial charge in [0.2, 0.25) is 0 Å². The van der Waals surface area contributed by atoms with Gasteiger partial charge in [0.05, 0.1) is 12.3 Å². The van der Waals surface area contributed by atoms with Gasteiger partial charge in [0.25, 0.3) is 10.0 Å². The molecular formula is C13H11F2NO3S. The first kappa shape index (κ1) is 14.4. The molecule has 0 spiro atoms. The van der Waals surface area contributed by atoms with Gasteiger partial charge in [-0.05, 0) is 29.8 Å².